The van der Waals surface area contributed by atoms with Crippen molar-refractivity contribution in [2.24, 2.45) is 4.99 Å². The van der Waals surface area contributed by atoms with Gasteiger partial charge in [0.25, 0.3) is 5.91 Å². The lowest BCUT2D eigenvalue weighted by Crippen LogP contribution is -2.52. The molecular weight excluding hydrogens is 413 g/mol. The van der Waals surface area contributed by atoms with Crippen molar-refractivity contribution in [1.29, 1.82) is 0 Å². The molecule has 0 spiro atoms. The minimum absolute atomic E-state index is 0.0128. The molecule has 2 atom stereocenters. The Bertz CT molecular complexity index is 921. The van der Waals surface area contributed by atoms with E-state index in [1.807, 2.05) is 30.3 Å². The van der Waals surface area contributed by atoms with Gasteiger partial charge in [-0.25, -0.2) is 14.8 Å². The van der Waals surface area contributed by atoms with Crippen molar-refractivity contribution in [3.63, 3.8) is 0 Å². The third-order valence-electron chi connectivity index (χ3n) is 5.01. The van der Waals surface area contributed by atoms with Crippen molar-refractivity contribution in [3.05, 3.63) is 78.4 Å². The number of nitrogens with zero attached hydrogens (tertiary/aromatic N) is 1. The van der Waals surface area contributed by atoms with Crippen LogP contribution >= 0.6 is 0 Å². The standard InChI is InChI=1S/C24H28FN3O4/c1-2-13-24(23(30)28-26-15-14-25)21(18-7-4-3-5-8-18)32-22(27-24)19-9-11-20(12-10-19)31-17-6-16-29/h2-5,7-12,21,26,29H,1,6,13-17H2,(H,28,30)/t21-,24-/m0/s1. The van der Waals surface area contributed by atoms with Gasteiger partial charge in [-0.1, -0.05) is 36.4 Å². The second-order valence-corrected chi connectivity index (χ2v) is 7.26. The molecule has 0 saturated heterocycles. The molecule has 32 heavy (non-hydrogen) atoms. The summed E-state index contributed by atoms with van der Waals surface area (Å²) in [4.78, 5) is 17.9. The summed E-state index contributed by atoms with van der Waals surface area (Å²) in [5, 5.41) is 8.88. The number of nitrogens with one attached hydrogen (secondary N) is 2. The fraction of sp³-hybridized carbons (Fsp3) is 0.333. The highest BCUT2D eigenvalue weighted by molar-refractivity contribution is 6.01. The van der Waals surface area contributed by atoms with Crippen molar-refractivity contribution in [3.8, 4) is 5.75 Å². The number of aliphatic hydroxyl groups is 1. The molecular formula is C24H28FN3O4. The molecule has 0 aromatic heterocycles. The molecule has 170 valence electrons. The van der Waals surface area contributed by atoms with E-state index in [0.29, 0.717) is 30.2 Å². The van der Waals surface area contributed by atoms with Crippen LogP contribution < -0.4 is 15.6 Å². The van der Waals surface area contributed by atoms with Gasteiger partial charge in [-0.05, 0) is 29.8 Å². The maximum absolute atomic E-state index is 13.2. The molecule has 3 N–H and O–H groups in total. The third-order valence-corrected chi connectivity index (χ3v) is 5.01. The van der Waals surface area contributed by atoms with Crippen LogP contribution in [0.2, 0.25) is 0 Å². The van der Waals surface area contributed by atoms with Crippen molar-refractivity contribution in [2.45, 2.75) is 24.5 Å². The molecule has 7 nitrogen and oxygen atoms in total. The molecule has 2 aromatic rings. The smallest absolute Gasteiger partial charge is 0.266 e. The average molecular weight is 442 g/mol. The number of aliphatic hydroxyl groups excluding tert-OH is 1. The van der Waals surface area contributed by atoms with Gasteiger partial charge in [-0.15, -0.1) is 6.58 Å². The molecule has 0 fully saturated rings. The van der Waals surface area contributed by atoms with Crippen molar-refractivity contribution >= 4 is 11.8 Å². The van der Waals surface area contributed by atoms with Crippen LogP contribution in [-0.2, 0) is 9.53 Å². The summed E-state index contributed by atoms with van der Waals surface area (Å²) in [6, 6.07) is 16.5. The van der Waals surface area contributed by atoms with Crippen LogP contribution in [0, 0.1) is 0 Å². The summed E-state index contributed by atoms with van der Waals surface area (Å²) in [7, 11) is 0. The summed E-state index contributed by atoms with van der Waals surface area (Å²) in [5.41, 5.74) is 5.31. The SMILES string of the molecule is C=CC[C@]1(C(=O)NNCCF)N=C(c2ccc(OCCCO)cc2)O[C@H]1c1ccccc1. The van der Waals surface area contributed by atoms with Gasteiger partial charge < -0.3 is 14.6 Å². The number of aliphatic imine (C=N–C) groups is 1. The zero-order valence-corrected chi connectivity index (χ0v) is 17.8. The number of benzene rings is 2. The van der Waals surface area contributed by atoms with Crippen LogP contribution in [0.1, 0.15) is 30.1 Å². The molecule has 0 radical (unpaired) electrons. The first-order valence-electron chi connectivity index (χ1n) is 10.5. The number of hydrogen-bond acceptors (Lipinski definition) is 6. The van der Waals surface area contributed by atoms with E-state index in [1.54, 1.807) is 30.3 Å². The monoisotopic (exact) mass is 441 g/mol. The molecule has 1 amide bonds. The van der Waals surface area contributed by atoms with Gasteiger partial charge >= 0.3 is 0 Å². The third kappa shape index (κ3) is 5.33. The van der Waals surface area contributed by atoms with Crippen molar-refractivity contribution < 1.29 is 23.8 Å². The number of hydrazine groups is 1. The minimum atomic E-state index is -1.31. The zero-order valence-electron chi connectivity index (χ0n) is 17.8. The second kappa shape index (κ2) is 11.4. The van der Waals surface area contributed by atoms with Crippen LogP contribution in [-0.4, -0.2) is 48.9 Å². The predicted octanol–water partition coefficient (Wildman–Crippen LogP) is 2.87. The zero-order chi connectivity index (χ0) is 22.8. The Balaban J connectivity index is 1.92. The number of carbonyl (C=O) groups is 1. The molecule has 1 aliphatic rings. The van der Waals surface area contributed by atoms with Gasteiger partial charge in [0, 0.05) is 31.6 Å². The predicted molar refractivity (Wildman–Crippen MR) is 120 cm³/mol. The lowest BCUT2D eigenvalue weighted by Gasteiger charge is -2.29. The maximum Gasteiger partial charge on any atom is 0.266 e. The van der Waals surface area contributed by atoms with E-state index in [9.17, 15) is 9.18 Å². The van der Waals surface area contributed by atoms with Crippen LogP contribution in [0.15, 0.2) is 72.2 Å². The Morgan fingerprint density at radius 2 is 2.00 bits per heavy atom. The fourth-order valence-electron chi connectivity index (χ4n) is 3.46. The highest BCUT2D eigenvalue weighted by Crippen LogP contribution is 2.42. The molecule has 0 unspecified atom stereocenters. The summed E-state index contributed by atoms with van der Waals surface area (Å²) in [6.45, 7) is 3.65. The van der Waals surface area contributed by atoms with E-state index in [1.165, 1.54) is 0 Å². The molecule has 8 heteroatoms. The van der Waals surface area contributed by atoms with E-state index in [2.05, 4.69) is 17.4 Å². The van der Waals surface area contributed by atoms with Gasteiger partial charge in [-0.3, -0.25) is 10.2 Å². The highest BCUT2D eigenvalue weighted by Gasteiger charge is 2.52. The first kappa shape index (κ1) is 23.4. The summed E-state index contributed by atoms with van der Waals surface area (Å²) in [5.74, 6) is 0.549. The summed E-state index contributed by atoms with van der Waals surface area (Å²) in [6.07, 6.45) is 1.70. The Morgan fingerprint density at radius 3 is 2.66 bits per heavy atom. The lowest BCUT2D eigenvalue weighted by molar-refractivity contribution is -0.129. The van der Waals surface area contributed by atoms with Crippen LogP contribution in [0.4, 0.5) is 4.39 Å². The van der Waals surface area contributed by atoms with Crippen molar-refractivity contribution in [2.75, 3.05) is 26.4 Å². The average Bonchev–Trinajstić information content (AvgIpc) is 3.21. The molecule has 0 saturated carbocycles. The summed E-state index contributed by atoms with van der Waals surface area (Å²) >= 11 is 0. The van der Waals surface area contributed by atoms with Gasteiger partial charge in [0.1, 0.15) is 12.4 Å². The number of halogens is 1. The van der Waals surface area contributed by atoms with Gasteiger partial charge in [0.2, 0.25) is 5.90 Å². The minimum Gasteiger partial charge on any atom is -0.494 e. The molecule has 1 aliphatic heterocycles. The maximum atomic E-state index is 13.2. The second-order valence-electron chi connectivity index (χ2n) is 7.26. The van der Waals surface area contributed by atoms with E-state index in [-0.39, 0.29) is 19.6 Å². The van der Waals surface area contributed by atoms with Gasteiger partial charge in [-0.2, -0.15) is 0 Å². The Kier molecular flexibility index (Phi) is 8.35. The first-order valence-corrected chi connectivity index (χ1v) is 10.5. The number of hydrogen-bond donors (Lipinski definition) is 3. The topological polar surface area (TPSA) is 92.2 Å². The largest absolute Gasteiger partial charge is 0.494 e. The number of rotatable bonds is 12. The van der Waals surface area contributed by atoms with E-state index >= 15 is 0 Å². The number of alkyl halides is 1. The number of ether oxygens (including phenoxy) is 2. The first-order chi connectivity index (χ1) is 15.6. The molecule has 1 heterocycles. The van der Waals surface area contributed by atoms with Crippen LogP contribution in [0.25, 0.3) is 0 Å². The number of carbonyl (C=O) groups excluding carboxylic acids is 1. The van der Waals surface area contributed by atoms with E-state index < -0.39 is 24.2 Å². The molecule has 3 rings (SSSR count). The highest BCUT2D eigenvalue weighted by atomic mass is 19.1. The van der Waals surface area contributed by atoms with Crippen molar-refractivity contribution in [1.82, 2.24) is 10.9 Å². The Labute approximate surface area is 186 Å². The summed E-state index contributed by atoms with van der Waals surface area (Å²) < 4.78 is 24.3. The van der Waals surface area contributed by atoms with E-state index in [0.717, 1.165) is 5.56 Å². The lowest BCUT2D eigenvalue weighted by atomic mass is 9.84. The van der Waals surface area contributed by atoms with Gasteiger partial charge in [0.05, 0.1) is 6.61 Å². The molecule has 0 bridgehead atoms. The quantitative estimate of drug-likeness (QED) is 0.268. The Morgan fingerprint density at radius 1 is 1.25 bits per heavy atom. The number of amides is 1. The van der Waals surface area contributed by atoms with Crippen LogP contribution in [0.3, 0.4) is 0 Å². The molecule has 0 aliphatic carbocycles. The van der Waals surface area contributed by atoms with Gasteiger partial charge in [0.15, 0.2) is 11.6 Å². The van der Waals surface area contributed by atoms with E-state index in [4.69, 9.17) is 19.6 Å². The van der Waals surface area contributed by atoms with Crippen LogP contribution in [0.5, 0.6) is 5.75 Å². The fourth-order valence-corrected chi connectivity index (χ4v) is 3.46. The molecule has 2 aromatic carbocycles. The normalized spacial score (nSPS) is 19.7. The Hall–Kier alpha value is -3.23.